The standard InChI is InChI=1S/C10H11ClO2S/c11-9-5-7-6(4-10(12)13)2-1-3-8(7)14-9/h5-6H,1-4H2,(H,12,13). The van der Waals surface area contributed by atoms with Gasteiger partial charge in [-0.2, -0.15) is 0 Å². The highest BCUT2D eigenvalue weighted by Gasteiger charge is 2.24. The Morgan fingerprint density at radius 3 is 3.21 bits per heavy atom. The fourth-order valence-corrected chi connectivity index (χ4v) is 3.45. The summed E-state index contributed by atoms with van der Waals surface area (Å²) in [5, 5.41) is 8.77. The lowest BCUT2D eigenvalue weighted by Crippen LogP contribution is -2.11. The summed E-state index contributed by atoms with van der Waals surface area (Å²) in [5.41, 5.74) is 1.17. The third-order valence-corrected chi connectivity index (χ3v) is 3.97. The maximum absolute atomic E-state index is 10.7. The van der Waals surface area contributed by atoms with Gasteiger partial charge in [0.2, 0.25) is 0 Å². The third kappa shape index (κ3) is 1.93. The number of hydrogen-bond donors (Lipinski definition) is 1. The Bertz CT molecular complexity index is 359. The number of halogens is 1. The number of aliphatic carboxylic acids is 1. The van der Waals surface area contributed by atoms with E-state index in [9.17, 15) is 4.79 Å². The lowest BCUT2D eigenvalue weighted by molar-refractivity contribution is -0.137. The van der Waals surface area contributed by atoms with Crippen molar-refractivity contribution in [2.24, 2.45) is 0 Å². The first-order valence-electron chi connectivity index (χ1n) is 4.66. The van der Waals surface area contributed by atoms with Crippen LogP contribution in [0.1, 0.15) is 35.6 Å². The molecule has 1 aliphatic carbocycles. The first-order chi connectivity index (χ1) is 6.66. The Labute approximate surface area is 91.5 Å². The van der Waals surface area contributed by atoms with Crippen molar-refractivity contribution >= 4 is 28.9 Å². The second-order valence-corrected chi connectivity index (χ2v) is 5.38. The van der Waals surface area contributed by atoms with Gasteiger partial charge in [0.1, 0.15) is 0 Å². The minimum Gasteiger partial charge on any atom is -0.481 e. The molecule has 2 nitrogen and oxygen atoms in total. The molecule has 1 aromatic heterocycles. The molecule has 0 fully saturated rings. The molecule has 4 heteroatoms. The minimum atomic E-state index is -0.717. The largest absolute Gasteiger partial charge is 0.481 e. The Morgan fingerprint density at radius 1 is 1.71 bits per heavy atom. The summed E-state index contributed by atoms with van der Waals surface area (Å²) in [6.07, 6.45) is 3.36. The van der Waals surface area contributed by atoms with Crippen LogP contribution < -0.4 is 0 Å². The molecular weight excluding hydrogens is 220 g/mol. The average molecular weight is 231 g/mol. The Hall–Kier alpha value is -0.540. The van der Waals surface area contributed by atoms with Crippen LogP contribution in [0.25, 0.3) is 0 Å². The van der Waals surface area contributed by atoms with Crippen LogP contribution in [0.5, 0.6) is 0 Å². The number of carboxylic acids is 1. The van der Waals surface area contributed by atoms with Gasteiger partial charge in [-0.25, -0.2) is 0 Å². The number of hydrogen-bond acceptors (Lipinski definition) is 2. The molecule has 0 bridgehead atoms. The lowest BCUT2D eigenvalue weighted by Gasteiger charge is -2.20. The van der Waals surface area contributed by atoms with E-state index in [2.05, 4.69) is 0 Å². The van der Waals surface area contributed by atoms with E-state index in [0.717, 1.165) is 23.6 Å². The highest BCUT2D eigenvalue weighted by Crippen LogP contribution is 2.40. The first kappa shape index (κ1) is 9.99. The molecular formula is C10H11ClO2S. The van der Waals surface area contributed by atoms with E-state index in [1.165, 1.54) is 10.4 Å². The van der Waals surface area contributed by atoms with Crippen molar-refractivity contribution in [3.63, 3.8) is 0 Å². The van der Waals surface area contributed by atoms with E-state index in [4.69, 9.17) is 16.7 Å². The molecule has 1 heterocycles. The van der Waals surface area contributed by atoms with Crippen molar-refractivity contribution in [3.05, 3.63) is 20.8 Å². The minimum absolute atomic E-state index is 0.181. The number of carboxylic acid groups (broad SMARTS) is 1. The zero-order chi connectivity index (χ0) is 10.1. The van der Waals surface area contributed by atoms with Gasteiger partial charge in [-0.3, -0.25) is 4.79 Å². The Balaban J connectivity index is 2.25. The maximum Gasteiger partial charge on any atom is 0.303 e. The predicted molar refractivity (Wildman–Crippen MR) is 57.3 cm³/mol. The van der Waals surface area contributed by atoms with Crippen molar-refractivity contribution in [3.8, 4) is 0 Å². The quantitative estimate of drug-likeness (QED) is 0.847. The molecule has 1 aliphatic rings. The Kier molecular flexibility index (Phi) is 2.79. The fraction of sp³-hybridized carbons (Fsp3) is 0.500. The Morgan fingerprint density at radius 2 is 2.50 bits per heavy atom. The molecule has 1 unspecified atom stereocenters. The van der Waals surface area contributed by atoms with Crippen molar-refractivity contribution in [2.75, 3.05) is 0 Å². The fourth-order valence-electron chi connectivity index (χ4n) is 2.04. The number of carbonyl (C=O) groups is 1. The van der Waals surface area contributed by atoms with Crippen molar-refractivity contribution in [1.82, 2.24) is 0 Å². The van der Waals surface area contributed by atoms with Crippen molar-refractivity contribution in [2.45, 2.75) is 31.6 Å². The van der Waals surface area contributed by atoms with Gasteiger partial charge in [0.25, 0.3) is 0 Å². The summed E-state index contributed by atoms with van der Waals surface area (Å²) in [5.74, 6) is -0.537. The zero-order valence-corrected chi connectivity index (χ0v) is 9.20. The monoisotopic (exact) mass is 230 g/mol. The van der Waals surface area contributed by atoms with E-state index in [1.54, 1.807) is 11.3 Å². The van der Waals surface area contributed by atoms with Crippen LogP contribution in [0, 0.1) is 0 Å². The maximum atomic E-state index is 10.7. The number of fused-ring (bicyclic) bond motifs is 1. The van der Waals surface area contributed by atoms with Crippen molar-refractivity contribution in [1.29, 1.82) is 0 Å². The van der Waals surface area contributed by atoms with Gasteiger partial charge in [0.05, 0.1) is 10.8 Å². The summed E-state index contributed by atoms with van der Waals surface area (Å²) in [6.45, 7) is 0. The molecule has 0 saturated carbocycles. The van der Waals surface area contributed by atoms with E-state index >= 15 is 0 Å². The van der Waals surface area contributed by atoms with Crippen molar-refractivity contribution < 1.29 is 9.90 Å². The molecule has 14 heavy (non-hydrogen) atoms. The number of rotatable bonds is 2. The van der Waals surface area contributed by atoms with Crippen LogP contribution >= 0.6 is 22.9 Å². The van der Waals surface area contributed by atoms with Crippen LogP contribution in [0.2, 0.25) is 4.34 Å². The highest BCUT2D eigenvalue weighted by atomic mass is 35.5. The third-order valence-electron chi connectivity index (χ3n) is 2.63. The molecule has 1 aromatic rings. The van der Waals surface area contributed by atoms with Gasteiger partial charge in [0, 0.05) is 4.88 Å². The van der Waals surface area contributed by atoms with Gasteiger partial charge in [0.15, 0.2) is 0 Å². The number of thiophene rings is 1. The summed E-state index contributed by atoms with van der Waals surface area (Å²) in [6, 6.07) is 1.94. The van der Waals surface area contributed by atoms with Crippen LogP contribution in [-0.4, -0.2) is 11.1 Å². The second-order valence-electron chi connectivity index (χ2n) is 3.62. The molecule has 0 saturated heterocycles. The van der Waals surface area contributed by atoms with Gasteiger partial charge in [-0.15, -0.1) is 11.3 Å². The second kappa shape index (κ2) is 3.91. The molecule has 0 amide bonds. The molecule has 2 rings (SSSR count). The molecule has 1 atom stereocenters. The van der Waals surface area contributed by atoms with Crippen LogP contribution in [0.4, 0.5) is 0 Å². The lowest BCUT2D eigenvalue weighted by atomic mass is 9.85. The van der Waals surface area contributed by atoms with Crippen LogP contribution in [-0.2, 0) is 11.2 Å². The molecule has 0 aromatic carbocycles. The predicted octanol–water partition coefficient (Wildman–Crippen LogP) is 3.30. The molecule has 1 N–H and O–H groups in total. The average Bonchev–Trinajstić information content (AvgIpc) is 2.45. The van der Waals surface area contributed by atoms with Gasteiger partial charge < -0.3 is 5.11 Å². The summed E-state index contributed by atoms with van der Waals surface area (Å²) >= 11 is 7.52. The smallest absolute Gasteiger partial charge is 0.303 e. The zero-order valence-electron chi connectivity index (χ0n) is 7.62. The molecule has 0 aliphatic heterocycles. The normalized spacial score (nSPS) is 20.5. The summed E-state index contributed by atoms with van der Waals surface area (Å²) < 4.78 is 0.785. The summed E-state index contributed by atoms with van der Waals surface area (Å²) in [4.78, 5) is 11.9. The molecule has 0 spiro atoms. The van der Waals surface area contributed by atoms with E-state index < -0.39 is 5.97 Å². The molecule has 0 radical (unpaired) electrons. The van der Waals surface area contributed by atoms with E-state index in [1.807, 2.05) is 6.07 Å². The van der Waals surface area contributed by atoms with E-state index in [0.29, 0.717) is 0 Å². The van der Waals surface area contributed by atoms with Crippen LogP contribution in [0.3, 0.4) is 0 Å². The first-order valence-corrected chi connectivity index (χ1v) is 5.86. The van der Waals surface area contributed by atoms with Gasteiger partial charge >= 0.3 is 5.97 Å². The van der Waals surface area contributed by atoms with Crippen LogP contribution in [0.15, 0.2) is 6.07 Å². The SMILES string of the molecule is O=C(O)CC1CCCc2sc(Cl)cc21. The topological polar surface area (TPSA) is 37.3 Å². The molecule has 76 valence electrons. The summed E-state index contributed by atoms with van der Waals surface area (Å²) in [7, 11) is 0. The van der Waals surface area contributed by atoms with E-state index in [-0.39, 0.29) is 12.3 Å². The van der Waals surface area contributed by atoms with Gasteiger partial charge in [-0.05, 0) is 36.8 Å². The number of aryl methyl sites for hydroxylation is 1. The van der Waals surface area contributed by atoms with Gasteiger partial charge in [-0.1, -0.05) is 11.6 Å². The highest BCUT2D eigenvalue weighted by molar-refractivity contribution is 7.16.